The summed E-state index contributed by atoms with van der Waals surface area (Å²) in [5, 5.41) is 1.11. The van der Waals surface area contributed by atoms with Crippen LogP contribution in [0, 0.1) is 19.9 Å². The van der Waals surface area contributed by atoms with Crippen molar-refractivity contribution in [3.8, 4) is 11.1 Å². The maximum Gasteiger partial charge on any atom is -0.00210 e. The predicted octanol–water partition coefficient (Wildman–Crippen LogP) is 3.27. The molecule has 0 nitrogen and oxygen atoms in total. The van der Waals surface area contributed by atoms with Gasteiger partial charge in [-0.25, -0.2) is 0 Å². The van der Waals surface area contributed by atoms with Crippen LogP contribution in [0.2, 0.25) is 0 Å². The van der Waals surface area contributed by atoms with E-state index in [9.17, 15) is 0 Å². The van der Waals surface area contributed by atoms with Crippen LogP contribution in [-0.4, -0.2) is 0 Å². The fourth-order valence-corrected chi connectivity index (χ4v) is 2.14. The molecule has 0 fully saturated rings. The van der Waals surface area contributed by atoms with E-state index in [4.69, 9.17) is 0 Å². The SMILES string of the molecule is Cc1cccc(C)c1-c1[c]c(P)ccc1. The largest absolute Gasteiger partial charge is 0.105 e. The van der Waals surface area contributed by atoms with Gasteiger partial charge in [0.15, 0.2) is 0 Å². The first kappa shape index (κ1) is 10.4. The molecular formula is C14H14P. The van der Waals surface area contributed by atoms with Crippen molar-refractivity contribution in [1.29, 1.82) is 0 Å². The van der Waals surface area contributed by atoms with Gasteiger partial charge in [0.2, 0.25) is 0 Å². The maximum atomic E-state index is 3.37. The molecule has 1 radical (unpaired) electrons. The Morgan fingerprint density at radius 1 is 0.933 bits per heavy atom. The van der Waals surface area contributed by atoms with Crippen LogP contribution in [0.4, 0.5) is 0 Å². The molecule has 0 spiro atoms. The third-order valence-corrected chi connectivity index (χ3v) is 2.90. The Morgan fingerprint density at radius 3 is 2.13 bits per heavy atom. The number of benzene rings is 2. The van der Waals surface area contributed by atoms with Gasteiger partial charge in [-0.3, -0.25) is 0 Å². The lowest BCUT2D eigenvalue weighted by atomic mass is 9.96. The molecule has 2 aromatic rings. The van der Waals surface area contributed by atoms with Crippen molar-refractivity contribution in [1.82, 2.24) is 0 Å². The third kappa shape index (κ3) is 2.11. The molecule has 0 bridgehead atoms. The average molecular weight is 213 g/mol. The zero-order chi connectivity index (χ0) is 10.8. The van der Waals surface area contributed by atoms with Gasteiger partial charge in [-0.05, 0) is 47.5 Å². The fourth-order valence-electron chi connectivity index (χ4n) is 1.87. The lowest BCUT2D eigenvalue weighted by molar-refractivity contribution is 1.38. The summed E-state index contributed by atoms with van der Waals surface area (Å²) in [7, 11) is 2.69. The van der Waals surface area contributed by atoms with E-state index in [0.717, 1.165) is 5.30 Å². The highest BCUT2D eigenvalue weighted by Crippen LogP contribution is 2.25. The second kappa shape index (κ2) is 4.16. The smallest absolute Gasteiger partial charge is 0.00210 e. The quantitative estimate of drug-likeness (QED) is 0.638. The molecule has 15 heavy (non-hydrogen) atoms. The highest BCUT2D eigenvalue weighted by molar-refractivity contribution is 7.27. The summed E-state index contributed by atoms with van der Waals surface area (Å²) in [6, 6.07) is 16.0. The van der Waals surface area contributed by atoms with Gasteiger partial charge in [0.25, 0.3) is 0 Å². The molecule has 0 aromatic heterocycles. The third-order valence-electron chi connectivity index (χ3n) is 2.57. The molecule has 1 unspecified atom stereocenters. The van der Waals surface area contributed by atoms with E-state index < -0.39 is 0 Å². The topological polar surface area (TPSA) is 0 Å². The van der Waals surface area contributed by atoms with E-state index in [1.807, 2.05) is 6.07 Å². The molecule has 0 aliphatic carbocycles. The van der Waals surface area contributed by atoms with E-state index in [2.05, 4.69) is 59.5 Å². The van der Waals surface area contributed by atoms with E-state index >= 15 is 0 Å². The van der Waals surface area contributed by atoms with Crippen molar-refractivity contribution in [3.05, 3.63) is 53.6 Å². The van der Waals surface area contributed by atoms with Crippen LogP contribution in [-0.2, 0) is 0 Å². The molecule has 75 valence electrons. The highest BCUT2D eigenvalue weighted by atomic mass is 31.0. The number of aryl methyl sites for hydroxylation is 2. The number of rotatable bonds is 1. The fraction of sp³-hybridized carbons (Fsp3) is 0.143. The summed E-state index contributed by atoms with van der Waals surface area (Å²) in [5.74, 6) is 0. The minimum atomic E-state index is 1.11. The van der Waals surface area contributed by atoms with Gasteiger partial charge in [-0.2, -0.15) is 0 Å². The molecule has 0 saturated heterocycles. The van der Waals surface area contributed by atoms with Crippen LogP contribution in [0.15, 0.2) is 36.4 Å². The first-order valence-electron chi connectivity index (χ1n) is 5.03. The lowest BCUT2D eigenvalue weighted by Crippen LogP contribution is -1.93. The average Bonchev–Trinajstić information content (AvgIpc) is 2.17. The molecule has 2 rings (SSSR count). The Labute approximate surface area is 93.5 Å². The Balaban J connectivity index is 2.63. The Morgan fingerprint density at radius 2 is 1.53 bits per heavy atom. The standard InChI is InChI=1S/C14H14P/c1-10-5-3-6-11(2)14(10)12-7-4-8-13(15)9-12/h3-8H,15H2,1-2H3. The van der Waals surface area contributed by atoms with E-state index in [0.29, 0.717) is 0 Å². The Bertz CT molecular complexity index is 466. The number of hydrogen-bond donors (Lipinski definition) is 0. The van der Waals surface area contributed by atoms with Gasteiger partial charge in [0, 0.05) is 0 Å². The molecule has 0 aliphatic rings. The van der Waals surface area contributed by atoms with Crippen molar-refractivity contribution in [3.63, 3.8) is 0 Å². The van der Waals surface area contributed by atoms with Crippen molar-refractivity contribution in [2.24, 2.45) is 0 Å². The molecule has 0 aliphatic heterocycles. The van der Waals surface area contributed by atoms with Crippen LogP contribution >= 0.6 is 9.24 Å². The predicted molar refractivity (Wildman–Crippen MR) is 69.5 cm³/mol. The minimum absolute atomic E-state index is 1.11. The van der Waals surface area contributed by atoms with Crippen LogP contribution in [0.3, 0.4) is 0 Å². The zero-order valence-corrected chi connectivity index (χ0v) is 10.2. The highest BCUT2D eigenvalue weighted by Gasteiger charge is 2.04. The molecule has 2 aromatic carbocycles. The summed E-state index contributed by atoms with van der Waals surface area (Å²) < 4.78 is 0. The maximum absolute atomic E-state index is 3.37. The second-order valence-corrected chi connectivity index (χ2v) is 4.41. The van der Waals surface area contributed by atoms with Gasteiger partial charge in [0.05, 0.1) is 0 Å². The zero-order valence-electron chi connectivity index (χ0n) is 9.04. The summed E-state index contributed by atoms with van der Waals surface area (Å²) in [4.78, 5) is 0. The first-order valence-corrected chi connectivity index (χ1v) is 5.60. The molecule has 0 saturated carbocycles. The van der Waals surface area contributed by atoms with E-state index in [-0.39, 0.29) is 0 Å². The van der Waals surface area contributed by atoms with Crippen molar-refractivity contribution in [2.75, 3.05) is 0 Å². The molecule has 0 heterocycles. The molecule has 1 atom stereocenters. The van der Waals surface area contributed by atoms with E-state index in [1.165, 1.54) is 22.3 Å². The van der Waals surface area contributed by atoms with E-state index in [1.54, 1.807) is 0 Å². The number of hydrogen-bond acceptors (Lipinski definition) is 0. The van der Waals surface area contributed by atoms with Crippen molar-refractivity contribution >= 4 is 14.5 Å². The van der Waals surface area contributed by atoms with Gasteiger partial charge >= 0.3 is 0 Å². The summed E-state index contributed by atoms with van der Waals surface area (Å²) in [6.07, 6.45) is 0. The summed E-state index contributed by atoms with van der Waals surface area (Å²) in [5.41, 5.74) is 5.10. The molecular weight excluding hydrogens is 199 g/mol. The lowest BCUT2D eigenvalue weighted by Gasteiger charge is -2.09. The molecule has 0 amide bonds. The normalized spacial score (nSPS) is 10.3. The second-order valence-electron chi connectivity index (χ2n) is 3.79. The van der Waals surface area contributed by atoms with Gasteiger partial charge < -0.3 is 0 Å². The monoisotopic (exact) mass is 213 g/mol. The first-order chi connectivity index (χ1) is 7.18. The van der Waals surface area contributed by atoms with Crippen LogP contribution in [0.1, 0.15) is 11.1 Å². The molecule has 0 N–H and O–H groups in total. The Kier molecular flexibility index (Phi) is 2.88. The van der Waals surface area contributed by atoms with Gasteiger partial charge in [-0.1, -0.05) is 36.4 Å². The minimum Gasteiger partial charge on any atom is -0.105 e. The summed E-state index contributed by atoms with van der Waals surface area (Å²) in [6.45, 7) is 4.29. The van der Waals surface area contributed by atoms with Crippen LogP contribution in [0.5, 0.6) is 0 Å². The van der Waals surface area contributed by atoms with Crippen molar-refractivity contribution < 1.29 is 0 Å². The van der Waals surface area contributed by atoms with Crippen molar-refractivity contribution in [2.45, 2.75) is 13.8 Å². The van der Waals surface area contributed by atoms with Crippen LogP contribution in [0.25, 0.3) is 11.1 Å². The van der Waals surface area contributed by atoms with Gasteiger partial charge in [0.1, 0.15) is 0 Å². The summed E-state index contributed by atoms with van der Waals surface area (Å²) >= 11 is 0. The molecule has 1 heteroatoms. The van der Waals surface area contributed by atoms with Crippen LogP contribution < -0.4 is 5.30 Å². The van der Waals surface area contributed by atoms with Gasteiger partial charge in [-0.15, -0.1) is 9.24 Å². The Hall–Kier alpha value is -1.13.